The summed E-state index contributed by atoms with van der Waals surface area (Å²) >= 11 is 3.55. The highest BCUT2D eigenvalue weighted by atomic mass is 79.9. The van der Waals surface area contributed by atoms with E-state index in [2.05, 4.69) is 35.1 Å². The lowest BCUT2D eigenvalue weighted by atomic mass is 10.2. The lowest BCUT2D eigenvalue weighted by molar-refractivity contribution is 0.0693. The third kappa shape index (κ3) is 12.3. The minimum absolute atomic E-state index is 0.568. The number of nitrogens with one attached hydrogen (secondary N) is 1. The molecule has 0 spiro atoms. The fourth-order valence-corrected chi connectivity index (χ4v) is 1.90. The summed E-state index contributed by atoms with van der Waals surface area (Å²) in [5.41, 5.74) is 0. The van der Waals surface area contributed by atoms with Crippen molar-refractivity contribution < 1.29 is 9.47 Å². The molecule has 92 valence electrons. The number of rotatable bonds is 10. The average Bonchev–Trinajstić information content (AvgIpc) is 2.15. The minimum atomic E-state index is 0.568. The molecule has 2 unspecified atom stereocenters. The Balaban J connectivity index is 3.09. The molecule has 1 N–H and O–H groups in total. The van der Waals surface area contributed by atoms with Gasteiger partial charge in [0.1, 0.15) is 0 Å². The number of hydrogen-bond acceptors (Lipinski definition) is 3. The van der Waals surface area contributed by atoms with Gasteiger partial charge >= 0.3 is 0 Å². The molecule has 0 bridgehead atoms. The largest absolute Gasteiger partial charge is 0.382 e. The van der Waals surface area contributed by atoms with Gasteiger partial charge in [0.2, 0.25) is 0 Å². The van der Waals surface area contributed by atoms with E-state index in [1.807, 2.05) is 0 Å². The molecule has 0 aliphatic heterocycles. The molecule has 4 heteroatoms. The molecule has 0 heterocycles. The normalized spacial score (nSPS) is 15.2. The Bertz CT molecular complexity index is 134. The fraction of sp³-hybridized carbons (Fsp3) is 1.00. The number of ether oxygens (including phenoxy) is 2. The van der Waals surface area contributed by atoms with Gasteiger partial charge in [-0.3, -0.25) is 0 Å². The molecule has 0 saturated heterocycles. The van der Waals surface area contributed by atoms with Crippen LogP contribution in [0.4, 0.5) is 0 Å². The zero-order valence-electron chi connectivity index (χ0n) is 10.1. The van der Waals surface area contributed by atoms with Crippen molar-refractivity contribution in [2.75, 3.05) is 33.5 Å². The molecule has 0 amide bonds. The van der Waals surface area contributed by atoms with Crippen molar-refractivity contribution in [3.63, 3.8) is 0 Å². The Kier molecular flexibility index (Phi) is 11.1. The molecule has 0 aromatic heterocycles. The first kappa shape index (κ1) is 15.4. The molecule has 0 aliphatic rings. The Morgan fingerprint density at radius 1 is 1.20 bits per heavy atom. The second-order valence-corrected chi connectivity index (χ2v) is 5.39. The van der Waals surface area contributed by atoms with Gasteiger partial charge < -0.3 is 14.8 Å². The van der Waals surface area contributed by atoms with Crippen LogP contribution < -0.4 is 5.32 Å². The summed E-state index contributed by atoms with van der Waals surface area (Å²) in [5.74, 6) is 0. The molecule has 0 aliphatic carbocycles. The van der Waals surface area contributed by atoms with E-state index in [-0.39, 0.29) is 0 Å². The van der Waals surface area contributed by atoms with Crippen molar-refractivity contribution in [1.82, 2.24) is 5.32 Å². The van der Waals surface area contributed by atoms with Crippen molar-refractivity contribution >= 4 is 15.9 Å². The number of hydrogen-bond donors (Lipinski definition) is 1. The second kappa shape index (κ2) is 10.9. The van der Waals surface area contributed by atoms with E-state index in [0.29, 0.717) is 24.1 Å². The van der Waals surface area contributed by atoms with Gasteiger partial charge in [0, 0.05) is 24.6 Å². The van der Waals surface area contributed by atoms with Gasteiger partial charge in [0.05, 0.1) is 13.2 Å². The number of alkyl halides is 1. The van der Waals surface area contributed by atoms with E-state index < -0.39 is 0 Å². The van der Waals surface area contributed by atoms with Gasteiger partial charge in [-0.25, -0.2) is 0 Å². The molecule has 0 saturated carbocycles. The first-order chi connectivity index (χ1) is 7.16. The van der Waals surface area contributed by atoms with Crippen molar-refractivity contribution in [1.29, 1.82) is 0 Å². The summed E-state index contributed by atoms with van der Waals surface area (Å²) in [6.45, 7) is 7.60. The maximum absolute atomic E-state index is 5.36. The van der Waals surface area contributed by atoms with E-state index in [9.17, 15) is 0 Å². The van der Waals surface area contributed by atoms with Crippen LogP contribution in [-0.4, -0.2) is 44.3 Å². The van der Waals surface area contributed by atoms with Crippen LogP contribution in [0.15, 0.2) is 0 Å². The van der Waals surface area contributed by atoms with E-state index in [1.54, 1.807) is 7.11 Å². The third-order valence-corrected chi connectivity index (χ3v) is 2.44. The van der Waals surface area contributed by atoms with Gasteiger partial charge in [-0.05, 0) is 26.3 Å². The predicted octanol–water partition coefficient (Wildman–Crippen LogP) is 2.19. The molecule has 0 aromatic carbocycles. The first-order valence-corrected chi connectivity index (χ1v) is 6.52. The highest BCUT2D eigenvalue weighted by Crippen LogP contribution is 2.06. The standard InChI is InChI=1S/C11H24BrNO2/c1-10(12)9-11(2)13-5-4-6-15-8-7-14-3/h10-11,13H,4-9H2,1-3H3. The Morgan fingerprint density at radius 3 is 2.53 bits per heavy atom. The van der Waals surface area contributed by atoms with Gasteiger partial charge in [-0.15, -0.1) is 0 Å². The number of methoxy groups -OCH3 is 1. The molecule has 3 nitrogen and oxygen atoms in total. The quantitative estimate of drug-likeness (QED) is 0.492. The Morgan fingerprint density at radius 2 is 1.93 bits per heavy atom. The van der Waals surface area contributed by atoms with E-state index in [1.165, 1.54) is 0 Å². The maximum atomic E-state index is 5.36. The summed E-state index contributed by atoms with van der Waals surface area (Å²) in [5, 5.41) is 3.46. The van der Waals surface area contributed by atoms with Crippen LogP contribution in [0.1, 0.15) is 26.7 Å². The maximum Gasteiger partial charge on any atom is 0.0700 e. The monoisotopic (exact) mass is 281 g/mol. The van der Waals surface area contributed by atoms with Gasteiger partial charge in [-0.2, -0.15) is 0 Å². The molecule has 0 rings (SSSR count). The number of halogens is 1. The summed E-state index contributed by atoms with van der Waals surface area (Å²) in [6, 6.07) is 0.568. The summed E-state index contributed by atoms with van der Waals surface area (Å²) < 4.78 is 10.2. The van der Waals surface area contributed by atoms with Crippen LogP contribution in [0.3, 0.4) is 0 Å². The van der Waals surface area contributed by atoms with Crippen molar-refractivity contribution in [2.24, 2.45) is 0 Å². The SMILES string of the molecule is COCCOCCCNC(C)CC(C)Br. The molecular weight excluding hydrogens is 258 g/mol. The zero-order valence-corrected chi connectivity index (χ0v) is 11.7. The summed E-state index contributed by atoms with van der Waals surface area (Å²) in [4.78, 5) is 0.581. The molecule has 2 atom stereocenters. The zero-order chi connectivity index (χ0) is 11.5. The first-order valence-electron chi connectivity index (χ1n) is 5.61. The fourth-order valence-electron chi connectivity index (χ4n) is 1.34. The van der Waals surface area contributed by atoms with E-state index in [4.69, 9.17) is 9.47 Å². The minimum Gasteiger partial charge on any atom is -0.382 e. The lowest BCUT2D eigenvalue weighted by Gasteiger charge is -2.14. The van der Waals surface area contributed by atoms with Crippen molar-refractivity contribution in [2.45, 2.75) is 37.6 Å². The lowest BCUT2D eigenvalue weighted by Crippen LogP contribution is -2.29. The highest BCUT2D eigenvalue weighted by molar-refractivity contribution is 9.09. The van der Waals surface area contributed by atoms with Gasteiger partial charge in [-0.1, -0.05) is 22.9 Å². The van der Waals surface area contributed by atoms with Crippen LogP contribution in [0, 0.1) is 0 Å². The smallest absolute Gasteiger partial charge is 0.0700 e. The van der Waals surface area contributed by atoms with Crippen molar-refractivity contribution in [3.05, 3.63) is 0 Å². The van der Waals surface area contributed by atoms with Crippen LogP contribution >= 0.6 is 15.9 Å². The van der Waals surface area contributed by atoms with Crippen LogP contribution in [0.5, 0.6) is 0 Å². The highest BCUT2D eigenvalue weighted by Gasteiger charge is 2.04. The topological polar surface area (TPSA) is 30.5 Å². The Labute approximate surface area is 102 Å². The van der Waals surface area contributed by atoms with Crippen molar-refractivity contribution in [3.8, 4) is 0 Å². The van der Waals surface area contributed by atoms with Gasteiger partial charge in [0.25, 0.3) is 0 Å². The summed E-state index contributed by atoms with van der Waals surface area (Å²) in [7, 11) is 1.69. The average molecular weight is 282 g/mol. The molecule has 15 heavy (non-hydrogen) atoms. The van der Waals surface area contributed by atoms with Crippen LogP contribution in [0.25, 0.3) is 0 Å². The van der Waals surface area contributed by atoms with Crippen LogP contribution in [0.2, 0.25) is 0 Å². The van der Waals surface area contributed by atoms with Crippen LogP contribution in [-0.2, 0) is 9.47 Å². The Hall–Kier alpha value is 0.360. The molecule has 0 aromatic rings. The summed E-state index contributed by atoms with van der Waals surface area (Å²) in [6.07, 6.45) is 2.22. The molecule has 0 radical (unpaired) electrons. The predicted molar refractivity (Wildman–Crippen MR) is 67.8 cm³/mol. The van der Waals surface area contributed by atoms with E-state index >= 15 is 0 Å². The molecule has 0 fully saturated rings. The van der Waals surface area contributed by atoms with Gasteiger partial charge in [0.15, 0.2) is 0 Å². The third-order valence-electron chi connectivity index (χ3n) is 2.07. The molecular formula is C11H24BrNO2. The van der Waals surface area contributed by atoms with E-state index in [0.717, 1.165) is 26.0 Å². The second-order valence-electron chi connectivity index (χ2n) is 3.83.